The average molecular weight is 443 g/mol. The molecule has 2 N–H and O–H groups in total. The number of aromatic nitrogens is 1. The highest BCUT2D eigenvalue weighted by Gasteiger charge is 2.20. The van der Waals surface area contributed by atoms with Gasteiger partial charge in [0.25, 0.3) is 20.0 Å². The van der Waals surface area contributed by atoms with Crippen molar-refractivity contribution in [2.45, 2.75) is 23.6 Å². The number of hydrogen-bond donors (Lipinski definition) is 2. The van der Waals surface area contributed by atoms with E-state index in [1.165, 1.54) is 24.3 Å². The number of anilines is 2. The summed E-state index contributed by atoms with van der Waals surface area (Å²) >= 11 is 0. The summed E-state index contributed by atoms with van der Waals surface area (Å²) in [7, 11) is -8.20. The molecule has 2 aromatic carbocycles. The maximum absolute atomic E-state index is 13.3. The van der Waals surface area contributed by atoms with Gasteiger partial charge in [-0.2, -0.15) is 0 Å². The van der Waals surface area contributed by atoms with Crippen molar-refractivity contribution < 1.29 is 30.1 Å². The molecule has 0 saturated carbocycles. The van der Waals surface area contributed by atoms with Gasteiger partial charge in [-0.15, -0.1) is 0 Å². The minimum absolute atomic E-state index is 0.0226. The molecule has 0 bridgehead atoms. The highest BCUT2D eigenvalue weighted by molar-refractivity contribution is 7.93. The normalized spacial score (nSPS) is 12.0. The summed E-state index contributed by atoms with van der Waals surface area (Å²) < 4.78 is 85.0. The van der Waals surface area contributed by atoms with E-state index in [1.54, 1.807) is 13.8 Å². The Labute approximate surface area is 165 Å². The van der Waals surface area contributed by atoms with Crippen LogP contribution in [0.3, 0.4) is 0 Å². The second-order valence-corrected chi connectivity index (χ2v) is 9.40. The number of halogens is 2. The molecule has 0 unspecified atom stereocenters. The predicted octanol–water partition coefficient (Wildman–Crippen LogP) is 3.17. The summed E-state index contributed by atoms with van der Waals surface area (Å²) in [4.78, 5) is -0.632. The van der Waals surface area contributed by atoms with E-state index in [1.807, 2.05) is 0 Å². The van der Waals surface area contributed by atoms with Crippen molar-refractivity contribution in [3.63, 3.8) is 0 Å². The minimum atomic E-state index is -4.20. The molecular weight excluding hydrogens is 428 g/mol. The van der Waals surface area contributed by atoms with Crippen LogP contribution in [0.15, 0.2) is 56.8 Å². The zero-order valence-electron chi connectivity index (χ0n) is 15.1. The van der Waals surface area contributed by atoms with Gasteiger partial charge >= 0.3 is 0 Å². The quantitative estimate of drug-likeness (QED) is 0.604. The molecule has 0 atom stereocenters. The summed E-state index contributed by atoms with van der Waals surface area (Å²) in [5.74, 6) is -2.51. The van der Waals surface area contributed by atoms with Crippen molar-refractivity contribution in [2.75, 3.05) is 9.44 Å². The molecule has 12 heteroatoms. The Morgan fingerprint density at radius 1 is 0.828 bits per heavy atom. The van der Waals surface area contributed by atoms with E-state index in [-0.39, 0.29) is 16.5 Å². The largest absolute Gasteiger partial charge is 0.337 e. The van der Waals surface area contributed by atoms with Gasteiger partial charge in [0.05, 0.1) is 15.5 Å². The van der Waals surface area contributed by atoms with E-state index in [0.717, 1.165) is 6.07 Å². The van der Waals surface area contributed by atoms with Crippen LogP contribution in [0.2, 0.25) is 0 Å². The number of nitrogens with zero attached hydrogens (tertiary/aromatic N) is 1. The van der Waals surface area contributed by atoms with E-state index in [0.29, 0.717) is 23.4 Å². The third-order valence-corrected chi connectivity index (χ3v) is 6.73. The van der Waals surface area contributed by atoms with Crippen molar-refractivity contribution in [3.8, 4) is 0 Å². The standard InChI is InChI=1S/C17H15F2N3O5S2/c1-10-11(2)20-27-17(10)22-28(23,24)13-5-3-12(4-6-13)21-29(25,26)14-7-8-15(18)16(19)9-14/h3-9,21-22H,1-2H3. The summed E-state index contributed by atoms with van der Waals surface area (Å²) in [5.41, 5.74) is 1.09. The number of rotatable bonds is 6. The van der Waals surface area contributed by atoms with Gasteiger partial charge in [-0.1, -0.05) is 5.16 Å². The predicted molar refractivity (Wildman–Crippen MR) is 100 cm³/mol. The average Bonchev–Trinajstić information content (AvgIpc) is 2.95. The van der Waals surface area contributed by atoms with Crippen molar-refractivity contribution in [3.05, 3.63) is 65.4 Å². The topological polar surface area (TPSA) is 118 Å². The van der Waals surface area contributed by atoms with E-state index >= 15 is 0 Å². The van der Waals surface area contributed by atoms with E-state index < -0.39 is 36.6 Å². The SMILES string of the molecule is Cc1noc(NS(=O)(=O)c2ccc(NS(=O)(=O)c3ccc(F)c(F)c3)cc2)c1C. The number of benzene rings is 2. The second-order valence-electron chi connectivity index (χ2n) is 6.03. The van der Waals surface area contributed by atoms with Gasteiger partial charge in [0.2, 0.25) is 5.88 Å². The Morgan fingerprint density at radius 3 is 1.97 bits per heavy atom. The monoisotopic (exact) mass is 443 g/mol. The zero-order chi connectivity index (χ0) is 21.4. The lowest BCUT2D eigenvalue weighted by molar-refractivity contribution is 0.430. The van der Waals surface area contributed by atoms with E-state index in [4.69, 9.17) is 4.52 Å². The van der Waals surface area contributed by atoms with Crippen LogP contribution in [0.4, 0.5) is 20.4 Å². The number of sulfonamides is 2. The summed E-state index contributed by atoms with van der Waals surface area (Å²) in [5, 5.41) is 3.66. The van der Waals surface area contributed by atoms with Crippen LogP contribution in [0.1, 0.15) is 11.3 Å². The van der Waals surface area contributed by atoms with E-state index in [9.17, 15) is 25.6 Å². The van der Waals surface area contributed by atoms with Gasteiger partial charge in [0.1, 0.15) is 0 Å². The molecule has 0 aliphatic heterocycles. The molecule has 8 nitrogen and oxygen atoms in total. The van der Waals surface area contributed by atoms with E-state index in [2.05, 4.69) is 14.6 Å². The number of nitrogens with one attached hydrogen (secondary N) is 2. The molecule has 3 rings (SSSR count). The molecule has 0 aliphatic rings. The van der Waals surface area contributed by atoms with Crippen molar-refractivity contribution in [1.82, 2.24) is 5.16 Å². The molecule has 154 valence electrons. The van der Waals surface area contributed by atoms with Crippen LogP contribution in [0, 0.1) is 25.5 Å². The molecule has 0 fully saturated rings. The highest BCUT2D eigenvalue weighted by atomic mass is 32.2. The van der Waals surface area contributed by atoms with Gasteiger partial charge < -0.3 is 4.52 Å². The highest BCUT2D eigenvalue weighted by Crippen LogP contribution is 2.24. The lowest BCUT2D eigenvalue weighted by Gasteiger charge is -2.10. The van der Waals surface area contributed by atoms with Gasteiger partial charge in [-0.25, -0.2) is 30.3 Å². The van der Waals surface area contributed by atoms with Crippen LogP contribution in [0.5, 0.6) is 0 Å². The summed E-state index contributed by atoms with van der Waals surface area (Å²) in [6.07, 6.45) is 0. The molecule has 0 radical (unpaired) electrons. The van der Waals surface area contributed by atoms with Crippen LogP contribution in [-0.4, -0.2) is 22.0 Å². The molecule has 1 heterocycles. The zero-order valence-corrected chi connectivity index (χ0v) is 16.7. The first kappa shape index (κ1) is 20.7. The number of aryl methyl sites for hydroxylation is 1. The first-order valence-corrected chi connectivity index (χ1v) is 11.0. The fraction of sp³-hybridized carbons (Fsp3) is 0.118. The second kappa shape index (κ2) is 7.44. The maximum Gasteiger partial charge on any atom is 0.264 e. The van der Waals surface area contributed by atoms with Gasteiger partial charge in [0.15, 0.2) is 11.6 Å². The smallest absolute Gasteiger partial charge is 0.264 e. The molecule has 0 aliphatic carbocycles. The van der Waals surface area contributed by atoms with Gasteiger partial charge in [0, 0.05) is 11.3 Å². The van der Waals surface area contributed by atoms with Gasteiger partial charge in [-0.05, 0) is 56.3 Å². The summed E-state index contributed by atoms with van der Waals surface area (Å²) in [6, 6.07) is 6.91. The Balaban J connectivity index is 1.80. The lowest BCUT2D eigenvalue weighted by atomic mass is 10.3. The third-order valence-electron chi connectivity index (χ3n) is 4.00. The Bertz CT molecular complexity index is 1270. The first-order valence-electron chi connectivity index (χ1n) is 8.03. The lowest BCUT2D eigenvalue weighted by Crippen LogP contribution is -2.15. The number of hydrogen-bond acceptors (Lipinski definition) is 6. The Hall–Kier alpha value is -2.99. The molecule has 1 aromatic heterocycles. The van der Waals surface area contributed by atoms with Crippen LogP contribution in [0.25, 0.3) is 0 Å². The Kier molecular flexibility index (Phi) is 5.32. The molecule has 0 spiro atoms. The fourth-order valence-corrected chi connectivity index (χ4v) is 4.37. The summed E-state index contributed by atoms with van der Waals surface area (Å²) in [6.45, 7) is 3.30. The molecule has 0 amide bonds. The third kappa shape index (κ3) is 4.38. The molecular formula is C17H15F2N3O5S2. The van der Waals surface area contributed by atoms with Crippen molar-refractivity contribution in [1.29, 1.82) is 0 Å². The fourth-order valence-electron chi connectivity index (χ4n) is 2.25. The van der Waals surface area contributed by atoms with Crippen molar-refractivity contribution >= 4 is 31.6 Å². The molecule has 0 saturated heterocycles. The van der Waals surface area contributed by atoms with Gasteiger partial charge in [-0.3, -0.25) is 4.72 Å². The molecule has 3 aromatic rings. The Morgan fingerprint density at radius 2 is 1.41 bits per heavy atom. The minimum Gasteiger partial charge on any atom is -0.337 e. The maximum atomic E-state index is 13.3. The van der Waals surface area contributed by atoms with Crippen molar-refractivity contribution in [2.24, 2.45) is 0 Å². The molecule has 29 heavy (non-hydrogen) atoms. The first-order chi connectivity index (χ1) is 13.5. The van der Waals surface area contributed by atoms with Crippen LogP contribution in [-0.2, 0) is 20.0 Å². The van der Waals surface area contributed by atoms with Crippen LogP contribution < -0.4 is 9.44 Å². The van der Waals surface area contributed by atoms with Crippen LogP contribution >= 0.6 is 0 Å².